The molecule has 0 saturated carbocycles. The summed E-state index contributed by atoms with van der Waals surface area (Å²) >= 11 is 0. The van der Waals surface area contributed by atoms with Gasteiger partial charge in [-0.15, -0.1) is 0 Å². The fourth-order valence-electron chi connectivity index (χ4n) is 1.31. The Kier molecular flexibility index (Phi) is 3.40. The van der Waals surface area contributed by atoms with Crippen molar-refractivity contribution in [2.45, 2.75) is 19.4 Å². The number of nitrogens with one attached hydrogen (secondary N) is 1. The Labute approximate surface area is 102 Å². The van der Waals surface area contributed by atoms with Crippen LogP contribution in [0.4, 0.5) is 5.82 Å². The summed E-state index contributed by atoms with van der Waals surface area (Å²) in [6.07, 6.45) is 0. The van der Waals surface area contributed by atoms with E-state index in [1.54, 1.807) is 0 Å². The molecule has 0 unspecified atom stereocenters. The third-order valence-corrected chi connectivity index (χ3v) is 2.48. The SMILES string of the molecule is Cn1c(C(=O)NC(C)(C)C(=O)O)ccc1[N+](=O)[O-]. The lowest BCUT2D eigenvalue weighted by atomic mass is 10.1. The van der Waals surface area contributed by atoms with Crippen LogP contribution in [0.5, 0.6) is 0 Å². The lowest BCUT2D eigenvalue weighted by molar-refractivity contribution is -0.391. The van der Waals surface area contributed by atoms with Gasteiger partial charge in [0.05, 0.1) is 7.05 Å². The highest BCUT2D eigenvalue weighted by atomic mass is 16.6. The first-order valence-electron chi connectivity index (χ1n) is 5.03. The zero-order chi connectivity index (χ0) is 14.1. The summed E-state index contributed by atoms with van der Waals surface area (Å²) in [5, 5.41) is 21.8. The van der Waals surface area contributed by atoms with Gasteiger partial charge in [-0.3, -0.25) is 4.79 Å². The van der Waals surface area contributed by atoms with Crippen LogP contribution in [-0.2, 0) is 11.8 Å². The molecule has 0 aliphatic carbocycles. The van der Waals surface area contributed by atoms with Gasteiger partial charge in [0.25, 0.3) is 5.91 Å². The highest BCUT2D eigenvalue weighted by molar-refractivity contribution is 5.96. The highest BCUT2D eigenvalue weighted by Gasteiger charge is 2.31. The predicted molar refractivity (Wildman–Crippen MR) is 61.2 cm³/mol. The van der Waals surface area contributed by atoms with Crippen molar-refractivity contribution < 1.29 is 19.6 Å². The van der Waals surface area contributed by atoms with Gasteiger partial charge in [-0.2, -0.15) is 0 Å². The molecule has 0 radical (unpaired) electrons. The zero-order valence-corrected chi connectivity index (χ0v) is 10.1. The van der Waals surface area contributed by atoms with Crippen LogP contribution in [-0.4, -0.2) is 32.0 Å². The molecule has 0 saturated heterocycles. The molecule has 1 heterocycles. The molecular weight excluding hydrogens is 242 g/mol. The Bertz CT molecular complexity index is 518. The van der Waals surface area contributed by atoms with Crippen molar-refractivity contribution in [3.63, 3.8) is 0 Å². The first-order chi connectivity index (χ1) is 8.16. The minimum Gasteiger partial charge on any atom is -0.480 e. The number of carbonyl (C=O) groups excluding carboxylic acids is 1. The third kappa shape index (κ3) is 2.47. The van der Waals surface area contributed by atoms with E-state index >= 15 is 0 Å². The van der Waals surface area contributed by atoms with Crippen LogP contribution >= 0.6 is 0 Å². The van der Waals surface area contributed by atoms with Crippen molar-refractivity contribution >= 4 is 17.7 Å². The molecule has 8 heteroatoms. The van der Waals surface area contributed by atoms with Gasteiger partial charge in [0.2, 0.25) is 0 Å². The van der Waals surface area contributed by atoms with E-state index in [0.717, 1.165) is 4.57 Å². The number of hydrogen-bond donors (Lipinski definition) is 2. The molecule has 0 bridgehead atoms. The Hall–Kier alpha value is -2.38. The molecule has 0 aromatic carbocycles. The molecule has 8 nitrogen and oxygen atoms in total. The van der Waals surface area contributed by atoms with Gasteiger partial charge in [0, 0.05) is 6.07 Å². The topological polar surface area (TPSA) is 114 Å². The molecule has 98 valence electrons. The maximum atomic E-state index is 11.8. The first-order valence-corrected chi connectivity index (χ1v) is 5.03. The summed E-state index contributed by atoms with van der Waals surface area (Å²) in [5.74, 6) is -2.12. The van der Waals surface area contributed by atoms with Crippen molar-refractivity contribution in [3.05, 3.63) is 27.9 Å². The molecule has 1 rings (SSSR count). The van der Waals surface area contributed by atoms with Crippen LogP contribution in [0.1, 0.15) is 24.3 Å². The second kappa shape index (κ2) is 4.47. The summed E-state index contributed by atoms with van der Waals surface area (Å²) in [4.78, 5) is 32.6. The number of aromatic nitrogens is 1. The number of nitrogens with zero attached hydrogens (tertiary/aromatic N) is 2. The van der Waals surface area contributed by atoms with Crippen molar-refractivity contribution in [1.29, 1.82) is 0 Å². The Balaban J connectivity index is 2.99. The van der Waals surface area contributed by atoms with E-state index in [4.69, 9.17) is 5.11 Å². The molecule has 0 aliphatic heterocycles. The number of carbonyl (C=O) groups is 2. The highest BCUT2D eigenvalue weighted by Crippen LogP contribution is 2.15. The van der Waals surface area contributed by atoms with Crippen molar-refractivity contribution in [1.82, 2.24) is 9.88 Å². The fraction of sp³-hybridized carbons (Fsp3) is 0.400. The van der Waals surface area contributed by atoms with Gasteiger partial charge in [0.1, 0.15) is 5.54 Å². The van der Waals surface area contributed by atoms with Crippen molar-refractivity contribution in [2.75, 3.05) is 0 Å². The number of carboxylic acid groups (broad SMARTS) is 1. The van der Waals surface area contributed by atoms with E-state index in [1.807, 2.05) is 0 Å². The summed E-state index contributed by atoms with van der Waals surface area (Å²) in [7, 11) is 1.36. The molecule has 1 aromatic rings. The van der Waals surface area contributed by atoms with E-state index < -0.39 is 22.3 Å². The monoisotopic (exact) mass is 255 g/mol. The number of hydrogen-bond acceptors (Lipinski definition) is 4. The molecular formula is C10H13N3O5. The quantitative estimate of drug-likeness (QED) is 0.601. The largest absolute Gasteiger partial charge is 0.480 e. The number of carboxylic acids is 1. The maximum absolute atomic E-state index is 11.8. The Morgan fingerprint density at radius 2 is 2.00 bits per heavy atom. The standard InChI is InChI=1S/C10H13N3O5/c1-10(2,9(15)16)11-8(14)6-4-5-7(12(6)3)13(17)18/h4-5H,1-3H3,(H,11,14)(H,15,16). The van der Waals surface area contributed by atoms with E-state index in [2.05, 4.69) is 5.32 Å². The molecule has 0 spiro atoms. The van der Waals surface area contributed by atoms with Gasteiger partial charge >= 0.3 is 11.8 Å². The normalized spacial score (nSPS) is 11.1. The van der Waals surface area contributed by atoms with Crippen LogP contribution in [0.3, 0.4) is 0 Å². The Morgan fingerprint density at radius 1 is 1.44 bits per heavy atom. The molecule has 18 heavy (non-hydrogen) atoms. The van der Waals surface area contributed by atoms with Gasteiger partial charge in [0.15, 0.2) is 5.69 Å². The average Bonchev–Trinajstić information content (AvgIpc) is 2.59. The van der Waals surface area contributed by atoms with Crippen LogP contribution in [0.2, 0.25) is 0 Å². The predicted octanol–water partition coefficient (Wildman–Crippen LogP) is 0.526. The number of amides is 1. The summed E-state index contributed by atoms with van der Waals surface area (Å²) in [6, 6.07) is 2.45. The van der Waals surface area contributed by atoms with E-state index in [-0.39, 0.29) is 11.5 Å². The minimum atomic E-state index is -1.45. The first kappa shape index (κ1) is 13.7. The van der Waals surface area contributed by atoms with Gasteiger partial charge in [-0.25, -0.2) is 9.36 Å². The molecule has 1 amide bonds. The second-order valence-electron chi connectivity index (χ2n) is 4.28. The summed E-state index contributed by atoms with van der Waals surface area (Å²) < 4.78 is 1.09. The smallest absolute Gasteiger partial charge is 0.328 e. The number of aliphatic carboxylic acids is 1. The Morgan fingerprint density at radius 3 is 2.39 bits per heavy atom. The van der Waals surface area contributed by atoms with Gasteiger partial charge in [-0.05, 0) is 24.8 Å². The van der Waals surface area contributed by atoms with Crippen molar-refractivity contribution in [2.24, 2.45) is 7.05 Å². The lowest BCUT2D eigenvalue weighted by Gasteiger charge is -2.20. The fourth-order valence-corrected chi connectivity index (χ4v) is 1.31. The molecule has 0 atom stereocenters. The molecule has 0 aliphatic rings. The average molecular weight is 255 g/mol. The molecule has 0 fully saturated rings. The second-order valence-corrected chi connectivity index (χ2v) is 4.28. The van der Waals surface area contributed by atoms with Crippen molar-refractivity contribution in [3.8, 4) is 0 Å². The maximum Gasteiger partial charge on any atom is 0.328 e. The van der Waals surface area contributed by atoms with Crippen LogP contribution in [0.25, 0.3) is 0 Å². The third-order valence-electron chi connectivity index (χ3n) is 2.48. The number of nitro groups is 1. The summed E-state index contributed by atoms with van der Waals surface area (Å²) in [5.41, 5.74) is -1.42. The zero-order valence-electron chi connectivity index (χ0n) is 10.1. The summed E-state index contributed by atoms with van der Waals surface area (Å²) in [6.45, 7) is 2.65. The van der Waals surface area contributed by atoms with Crippen LogP contribution < -0.4 is 5.32 Å². The molecule has 2 N–H and O–H groups in total. The lowest BCUT2D eigenvalue weighted by Crippen LogP contribution is -2.50. The molecule has 1 aromatic heterocycles. The van der Waals surface area contributed by atoms with Crippen LogP contribution in [0.15, 0.2) is 12.1 Å². The van der Waals surface area contributed by atoms with Gasteiger partial charge in [-0.1, -0.05) is 0 Å². The van der Waals surface area contributed by atoms with Gasteiger partial charge < -0.3 is 20.5 Å². The van der Waals surface area contributed by atoms with Crippen LogP contribution in [0, 0.1) is 10.1 Å². The van der Waals surface area contributed by atoms with E-state index in [9.17, 15) is 19.7 Å². The van der Waals surface area contributed by atoms with E-state index in [1.165, 1.54) is 33.0 Å². The van der Waals surface area contributed by atoms with E-state index in [0.29, 0.717) is 0 Å². The minimum absolute atomic E-state index is 0.0241. The number of rotatable bonds is 4.